The summed E-state index contributed by atoms with van der Waals surface area (Å²) >= 11 is 1.60. The van der Waals surface area contributed by atoms with E-state index in [4.69, 9.17) is 4.74 Å². The first-order valence-corrected chi connectivity index (χ1v) is 10.0. The smallest absolute Gasteiger partial charge is 0.190 e. The summed E-state index contributed by atoms with van der Waals surface area (Å²) in [6, 6.07) is 15.0. The molecule has 0 radical (unpaired) electrons. The number of rotatable bonds is 4. The Hall–Kier alpha value is -2.44. The molecule has 1 aliphatic heterocycles. The lowest BCUT2D eigenvalue weighted by Crippen LogP contribution is -2.36. The van der Waals surface area contributed by atoms with E-state index in [1.54, 1.807) is 23.5 Å². The van der Waals surface area contributed by atoms with E-state index in [9.17, 15) is 4.39 Å². The molecule has 3 aromatic rings. The van der Waals surface area contributed by atoms with Gasteiger partial charge in [-0.25, -0.2) is 9.38 Å². The lowest BCUT2D eigenvalue weighted by atomic mass is 10.1. The zero-order valence-corrected chi connectivity index (χ0v) is 16.1. The Labute approximate surface area is 162 Å². The Morgan fingerprint density at radius 1 is 1.04 bits per heavy atom. The van der Waals surface area contributed by atoms with Crippen LogP contribution in [0, 0.1) is 5.82 Å². The van der Waals surface area contributed by atoms with E-state index >= 15 is 0 Å². The lowest BCUT2D eigenvalue weighted by Gasteiger charge is -2.28. The van der Waals surface area contributed by atoms with Crippen LogP contribution in [0.15, 0.2) is 58.9 Å². The average molecular weight is 383 g/mol. The molecule has 2 heterocycles. The van der Waals surface area contributed by atoms with Crippen LogP contribution in [-0.2, 0) is 11.3 Å². The van der Waals surface area contributed by atoms with Gasteiger partial charge in [-0.3, -0.25) is 0 Å². The molecule has 0 atom stereocenters. The number of hydrogen-bond donors (Lipinski definition) is 0. The predicted molar refractivity (Wildman–Crippen MR) is 108 cm³/mol. The minimum atomic E-state index is -0.246. The molecule has 0 aliphatic carbocycles. The van der Waals surface area contributed by atoms with Crippen molar-refractivity contribution in [3.05, 3.63) is 64.5 Å². The number of ether oxygens (including phenoxy) is 1. The summed E-state index contributed by atoms with van der Waals surface area (Å²) in [5.41, 5.74) is 4.31. The van der Waals surface area contributed by atoms with Gasteiger partial charge in [0.1, 0.15) is 5.82 Å². The topological polar surface area (TPSA) is 29.8 Å². The van der Waals surface area contributed by atoms with E-state index in [1.165, 1.54) is 23.4 Å². The fraction of sp³-hybridized carbons (Fsp3) is 0.286. The molecular formula is C21H22FN3OS. The highest BCUT2D eigenvalue weighted by atomic mass is 32.1. The van der Waals surface area contributed by atoms with Gasteiger partial charge in [0.2, 0.25) is 0 Å². The third-order valence-electron chi connectivity index (χ3n) is 4.70. The quantitative estimate of drug-likeness (QED) is 0.666. The van der Waals surface area contributed by atoms with Crippen molar-refractivity contribution in [1.82, 2.24) is 4.57 Å². The molecule has 1 fully saturated rings. The van der Waals surface area contributed by atoms with Crippen LogP contribution in [0.3, 0.4) is 0 Å². The standard InChI is InChI=1S/C21H22FN3OS/c1-2-25-20(15-27-21(25)23-18-7-5-17(22)6-8-18)16-3-9-19(10-4-16)24-11-13-26-14-12-24/h3-10,15H,2,11-14H2,1H3. The summed E-state index contributed by atoms with van der Waals surface area (Å²) in [5.74, 6) is -0.246. The first-order chi connectivity index (χ1) is 13.2. The molecule has 0 bridgehead atoms. The zero-order chi connectivity index (χ0) is 18.6. The maximum absolute atomic E-state index is 13.1. The summed E-state index contributed by atoms with van der Waals surface area (Å²) < 4.78 is 20.7. The van der Waals surface area contributed by atoms with Crippen LogP contribution in [0.5, 0.6) is 0 Å². The number of nitrogens with zero attached hydrogens (tertiary/aromatic N) is 3. The number of aromatic nitrogens is 1. The second-order valence-electron chi connectivity index (χ2n) is 6.38. The molecule has 1 aliphatic rings. The van der Waals surface area contributed by atoms with Gasteiger partial charge in [-0.1, -0.05) is 12.1 Å². The molecule has 0 saturated carbocycles. The van der Waals surface area contributed by atoms with Crippen molar-refractivity contribution in [3.63, 3.8) is 0 Å². The zero-order valence-electron chi connectivity index (χ0n) is 15.3. The molecule has 2 aromatic carbocycles. The molecule has 0 amide bonds. The largest absolute Gasteiger partial charge is 0.378 e. The second-order valence-corrected chi connectivity index (χ2v) is 7.22. The molecule has 0 spiro atoms. The summed E-state index contributed by atoms with van der Waals surface area (Å²) in [5, 5.41) is 2.13. The van der Waals surface area contributed by atoms with Crippen molar-refractivity contribution in [2.75, 3.05) is 31.2 Å². The van der Waals surface area contributed by atoms with Crippen LogP contribution in [0.1, 0.15) is 6.92 Å². The Morgan fingerprint density at radius 3 is 2.41 bits per heavy atom. The number of halogens is 1. The van der Waals surface area contributed by atoms with Gasteiger partial charge in [0.25, 0.3) is 0 Å². The Bertz CT molecular complexity index is 954. The summed E-state index contributed by atoms with van der Waals surface area (Å²) in [7, 11) is 0. The van der Waals surface area contributed by atoms with Crippen molar-refractivity contribution < 1.29 is 9.13 Å². The highest BCUT2D eigenvalue weighted by Gasteiger charge is 2.12. The van der Waals surface area contributed by atoms with Crippen LogP contribution in [0.25, 0.3) is 11.3 Å². The number of thiazole rings is 1. The number of anilines is 1. The second kappa shape index (κ2) is 8.06. The maximum Gasteiger partial charge on any atom is 0.190 e. The molecular weight excluding hydrogens is 361 g/mol. The van der Waals surface area contributed by atoms with E-state index in [0.29, 0.717) is 0 Å². The van der Waals surface area contributed by atoms with Crippen molar-refractivity contribution in [2.24, 2.45) is 4.99 Å². The van der Waals surface area contributed by atoms with Crippen molar-refractivity contribution in [1.29, 1.82) is 0 Å². The SMILES string of the molecule is CCn1c(-c2ccc(N3CCOCC3)cc2)csc1=Nc1ccc(F)cc1. The molecule has 4 rings (SSSR count). The van der Waals surface area contributed by atoms with E-state index in [2.05, 4.69) is 51.0 Å². The van der Waals surface area contributed by atoms with Crippen LogP contribution in [-0.4, -0.2) is 30.9 Å². The molecule has 27 heavy (non-hydrogen) atoms. The molecule has 0 unspecified atom stereocenters. The van der Waals surface area contributed by atoms with Crippen LogP contribution in [0.4, 0.5) is 15.8 Å². The fourth-order valence-electron chi connectivity index (χ4n) is 3.25. The van der Waals surface area contributed by atoms with E-state index < -0.39 is 0 Å². The van der Waals surface area contributed by atoms with Gasteiger partial charge in [0.05, 0.1) is 24.6 Å². The molecule has 1 aromatic heterocycles. The summed E-state index contributed by atoms with van der Waals surface area (Å²) in [6.07, 6.45) is 0. The maximum atomic E-state index is 13.1. The van der Waals surface area contributed by atoms with Gasteiger partial charge < -0.3 is 14.2 Å². The van der Waals surface area contributed by atoms with Crippen LogP contribution in [0.2, 0.25) is 0 Å². The number of morpholine rings is 1. The van der Waals surface area contributed by atoms with Gasteiger partial charge in [-0.2, -0.15) is 0 Å². The van der Waals surface area contributed by atoms with Gasteiger partial charge in [0, 0.05) is 30.7 Å². The summed E-state index contributed by atoms with van der Waals surface area (Å²) in [4.78, 5) is 7.95. The van der Waals surface area contributed by atoms with E-state index in [0.717, 1.165) is 49.0 Å². The molecule has 6 heteroatoms. The van der Waals surface area contributed by atoms with Crippen LogP contribution >= 0.6 is 11.3 Å². The Morgan fingerprint density at radius 2 is 1.74 bits per heavy atom. The molecule has 140 valence electrons. The van der Waals surface area contributed by atoms with Crippen LogP contribution < -0.4 is 9.70 Å². The van der Waals surface area contributed by atoms with Crippen molar-refractivity contribution in [3.8, 4) is 11.3 Å². The summed E-state index contributed by atoms with van der Waals surface area (Å²) in [6.45, 7) is 6.39. The fourth-order valence-corrected chi connectivity index (χ4v) is 4.24. The molecule has 4 nitrogen and oxygen atoms in total. The highest BCUT2D eigenvalue weighted by molar-refractivity contribution is 7.07. The third-order valence-corrected chi connectivity index (χ3v) is 5.57. The average Bonchev–Trinajstić information content (AvgIpc) is 3.13. The minimum absolute atomic E-state index is 0.246. The number of hydrogen-bond acceptors (Lipinski definition) is 4. The molecule has 0 N–H and O–H groups in total. The van der Waals surface area contributed by atoms with Crippen molar-refractivity contribution in [2.45, 2.75) is 13.5 Å². The highest BCUT2D eigenvalue weighted by Crippen LogP contribution is 2.25. The first kappa shape index (κ1) is 17.9. The first-order valence-electron chi connectivity index (χ1n) is 9.16. The van der Waals surface area contributed by atoms with Gasteiger partial charge >= 0.3 is 0 Å². The van der Waals surface area contributed by atoms with Gasteiger partial charge in [-0.15, -0.1) is 11.3 Å². The van der Waals surface area contributed by atoms with E-state index in [1.807, 2.05) is 0 Å². The lowest BCUT2D eigenvalue weighted by molar-refractivity contribution is 0.122. The normalized spacial score (nSPS) is 15.3. The predicted octanol–water partition coefficient (Wildman–Crippen LogP) is 4.44. The van der Waals surface area contributed by atoms with Crippen molar-refractivity contribution >= 4 is 22.7 Å². The van der Waals surface area contributed by atoms with E-state index in [-0.39, 0.29) is 5.82 Å². The third kappa shape index (κ3) is 3.96. The minimum Gasteiger partial charge on any atom is -0.378 e. The Kier molecular flexibility index (Phi) is 5.36. The number of benzene rings is 2. The van der Waals surface area contributed by atoms with Gasteiger partial charge in [0.15, 0.2) is 4.80 Å². The molecule has 1 saturated heterocycles. The monoisotopic (exact) mass is 383 g/mol. The Balaban J connectivity index is 1.64. The van der Waals surface area contributed by atoms with Gasteiger partial charge in [-0.05, 0) is 48.9 Å².